The Labute approximate surface area is 204 Å². The van der Waals surface area contributed by atoms with Crippen molar-refractivity contribution >= 4 is 12.9 Å². The molecular formula is C28H29F2O4P. The normalized spacial score (nSPS) is 18.3. The maximum absolute atomic E-state index is 15.0. The lowest BCUT2D eigenvalue weighted by Crippen LogP contribution is -2.12. The average molecular weight is 499 g/mol. The third-order valence-electron chi connectivity index (χ3n) is 6.80. The zero-order valence-corrected chi connectivity index (χ0v) is 20.7. The molecule has 0 atom stereocenters. The molecule has 35 heavy (non-hydrogen) atoms. The van der Waals surface area contributed by atoms with Crippen molar-refractivity contribution in [1.29, 1.82) is 0 Å². The van der Waals surface area contributed by atoms with Crippen LogP contribution in [0.5, 0.6) is 11.5 Å². The van der Waals surface area contributed by atoms with Gasteiger partial charge < -0.3 is 14.5 Å². The summed E-state index contributed by atoms with van der Waals surface area (Å²) in [4.78, 5) is 18.8. The molecule has 0 radical (unpaired) electrons. The van der Waals surface area contributed by atoms with E-state index in [-0.39, 0.29) is 22.8 Å². The van der Waals surface area contributed by atoms with E-state index < -0.39 is 13.4 Å². The molecule has 4 rings (SSSR count). The van der Waals surface area contributed by atoms with E-state index >= 15 is 0 Å². The SMILES string of the molecule is C=CC1CCC(c2ccc(-c3ccc(Oc4c(C)cc(P(=O)(O)O)cc4C)c(F)c3)cc2F)CC1. The Morgan fingerprint density at radius 3 is 2.00 bits per heavy atom. The third-order valence-corrected chi connectivity index (χ3v) is 7.74. The van der Waals surface area contributed by atoms with Crippen molar-refractivity contribution < 1.29 is 27.9 Å². The van der Waals surface area contributed by atoms with E-state index in [0.717, 1.165) is 25.7 Å². The smallest absolute Gasteiger partial charge is 0.356 e. The van der Waals surface area contributed by atoms with Gasteiger partial charge in [0.25, 0.3) is 0 Å². The quantitative estimate of drug-likeness (QED) is 0.276. The molecule has 0 saturated heterocycles. The molecule has 184 valence electrons. The van der Waals surface area contributed by atoms with Crippen molar-refractivity contribution in [3.8, 4) is 22.6 Å². The summed E-state index contributed by atoms with van der Waals surface area (Å²) in [5, 5.41) is -0.116. The number of benzene rings is 3. The molecule has 0 unspecified atom stereocenters. The topological polar surface area (TPSA) is 66.8 Å². The summed E-state index contributed by atoms with van der Waals surface area (Å²) in [5.41, 5.74) is 2.77. The minimum Gasteiger partial charge on any atom is -0.454 e. The van der Waals surface area contributed by atoms with Gasteiger partial charge in [-0.1, -0.05) is 24.3 Å². The molecule has 0 heterocycles. The van der Waals surface area contributed by atoms with Crippen LogP contribution in [0.4, 0.5) is 8.78 Å². The second-order valence-corrected chi connectivity index (χ2v) is 10.9. The van der Waals surface area contributed by atoms with Gasteiger partial charge in [-0.15, -0.1) is 6.58 Å². The molecule has 7 heteroatoms. The van der Waals surface area contributed by atoms with Gasteiger partial charge >= 0.3 is 7.60 Å². The van der Waals surface area contributed by atoms with Gasteiger partial charge in [-0.05, 0) is 110 Å². The number of hydrogen-bond acceptors (Lipinski definition) is 2. The van der Waals surface area contributed by atoms with Crippen molar-refractivity contribution in [2.45, 2.75) is 45.4 Å². The highest BCUT2D eigenvalue weighted by Gasteiger charge is 2.24. The molecule has 0 bridgehead atoms. The summed E-state index contributed by atoms with van der Waals surface area (Å²) >= 11 is 0. The Balaban J connectivity index is 1.55. The zero-order chi connectivity index (χ0) is 25.3. The predicted molar refractivity (Wildman–Crippen MR) is 134 cm³/mol. The van der Waals surface area contributed by atoms with Crippen molar-refractivity contribution in [2.24, 2.45) is 5.92 Å². The molecule has 4 nitrogen and oxygen atoms in total. The van der Waals surface area contributed by atoms with E-state index in [1.165, 1.54) is 30.3 Å². The first-order valence-corrected chi connectivity index (χ1v) is 13.2. The fourth-order valence-corrected chi connectivity index (χ4v) is 5.56. The van der Waals surface area contributed by atoms with Gasteiger partial charge in [-0.25, -0.2) is 8.78 Å². The Morgan fingerprint density at radius 2 is 1.49 bits per heavy atom. The Kier molecular flexibility index (Phi) is 7.27. The fourth-order valence-electron chi connectivity index (χ4n) is 4.83. The average Bonchev–Trinajstić information content (AvgIpc) is 2.81. The first kappa shape index (κ1) is 25.3. The second kappa shape index (κ2) is 10.1. The first-order valence-electron chi connectivity index (χ1n) is 11.6. The molecule has 1 fully saturated rings. The lowest BCUT2D eigenvalue weighted by atomic mass is 9.78. The largest absolute Gasteiger partial charge is 0.454 e. The van der Waals surface area contributed by atoms with Crippen LogP contribution in [0.1, 0.15) is 48.3 Å². The molecule has 1 saturated carbocycles. The van der Waals surface area contributed by atoms with Crippen LogP contribution < -0.4 is 10.0 Å². The van der Waals surface area contributed by atoms with Crippen molar-refractivity contribution in [3.63, 3.8) is 0 Å². The van der Waals surface area contributed by atoms with Crippen molar-refractivity contribution in [2.75, 3.05) is 0 Å². The van der Waals surface area contributed by atoms with Crippen LogP contribution in [0.3, 0.4) is 0 Å². The van der Waals surface area contributed by atoms with Crippen LogP contribution in [0.15, 0.2) is 61.2 Å². The molecule has 0 aliphatic heterocycles. The van der Waals surface area contributed by atoms with Crippen LogP contribution >= 0.6 is 7.60 Å². The molecule has 0 amide bonds. The number of rotatable bonds is 6. The van der Waals surface area contributed by atoms with Crippen molar-refractivity contribution in [1.82, 2.24) is 0 Å². The van der Waals surface area contributed by atoms with E-state index in [1.807, 2.05) is 12.1 Å². The molecule has 2 N–H and O–H groups in total. The van der Waals surface area contributed by atoms with Crippen LogP contribution in [0.2, 0.25) is 0 Å². The Bertz CT molecular complexity index is 1280. The maximum Gasteiger partial charge on any atom is 0.356 e. The lowest BCUT2D eigenvalue weighted by Gasteiger charge is -2.27. The minimum atomic E-state index is -4.41. The Morgan fingerprint density at radius 1 is 0.914 bits per heavy atom. The van der Waals surface area contributed by atoms with Gasteiger partial charge in [0.2, 0.25) is 0 Å². The molecule has 1 aliphatic rings. The van der Waals surface area contributed by atoms with Gasteiger partial charge in [-0.2, -0.15) is 0 Å². The number of hydrogen-bond donors (Lipinski definition) is 2. The van der Waals surface area contributed by atoms with Crippen LogP contribution in [-0.4, -0.2) is 9.79 Å². The van der Waals surface area contributed by atoms with Gasteiger partial charge in [0.15, 0.2) is 11.6 Å². The van der Waals surface area contributed by atoms with Crippen LogP contribution in [-0.2, 0) is 4.57 Å². The van der Waals surface area contributed by atoms with Gasteiger partial charge in [0.05, 0.1) is 5.30 Å². The van der Waals surface area contributed by atoms with Crippen molar-refractivity contribution in [3.05, 3.63) is 89.5 Å². The Hall–Kier alpha value is -2.79. The summed E-state index contributed by atoms with van der Waals surface area (Å²) in [6.07, 6.45) is 5.88. The number of ether oxygens (including phenoxy) is 1. The highest BCUT2D eigenvalue weighted by Crippen LogP contribution is 2.40. The van der Waals surface area contributed by atoms with E-state index in [2.05, 4.69) is 6.58 Å². The molecule has 1 aliphatic carbocycles. The minimum absolute atomic E-state index is 0.0278. The van der Waals surface area contributed by atoms with E-state index in [1.54, 1.807) is 26.0 Å². The first-order chi connectivity index (χ1) is 16.6. The van der Waals surface area contributed by atoms with E-state index in [9.17, 15) is 23.1 Å². The summed E-state index contributed by atoms with van der Waals surface area (Å²) in [5.74, 6) is 0.106. The highest BCUT2D eigenvalue weighted by molar-refractivity contribution is 7.60. The third kappa shape index (κ3) is 5.56. The van der Waals surface area contributed by atoms with E-state index in [4.69, 9.17) is 4.74 Å². The molecule has 0 spiro atoms. The monoisotopic (exact) mass is 498 g/mol. The predicted octanol–water partition coefficient (Wildman–Crippen LogP) is 7.30. The van der Waals surface area contributed by atoms with E-state index in [0.29, 0.717) is 39.5 Å². The summed E-state index contributed by atoms with van der Waals surface area (Å²) in [7, 11) is -4.41. The standard InChI is InChI=1S/C28H29F2O4P/c1-4-19-5-7-20(8-6-19)24-11-9-21(15-25(24)29)22-10-12-27(26(30)16-22)34-28-17(2)13-23(14-18(28)3)35(31,32)33/h4,9-16,19-20H,1,5-8H2,2-3H3,(H2,31,32,33). The van der Waals surface area contributed by atoms with Gasteiger partial charge in [-0.3, -0.25) is 4.57 Å². The van der Waals surface area contributed by atoms with Crippen LogP contribution in [0.25, 0.3) is 11.1 Å². The number of allylic oxidation sites excluding steroid dienone is 1. The highest BCUT2D eigenvalue weighted by atomic mass is 31.2. The maximum atomic E-state index is 15.0. The molecule has 3 aromatic carbocycles. The summed E-state index contributed by atoms with van der Waals surface area (Å²) in [6.45, 7) is 7.14. The lowest BCUT2D eigenvalue weighted by molar-refractivity contribution is 0.369. The van der Waals surface area contributed by atoms with Gasteiger partial charge in [0, 0.05) is 0 Å². The fraction of sp³-hybridized carbons (Fsp3) is 0.286. The molecule has 3 aromatic rings. The zero-order valence-electron chi connectivity index (χ0n) is 19.8. The molecule has 0 aromatic heterocycles. The number of aryl methyl sites for hydroxylation is 2. The second-order valence-electron chi connectivity index (χ2n) is 9.28. The molecular weight excluding hydrogens is 469 g/mol. The summed E-state index contributed by atoms with van der Waals surface area (Å²) in [6, 6.07) is 12.2. The summed E-state index contributed by atoms with van der Waals surface area (Å²) < 4.78 is 47.2. The number of halogens is 2. The van der Waals surface area contributed by atoms with Crippen LogP contribution in [0, 0.1) is 31.4 Å². The van der Waals surface area contributed by atoms with Gasteiger partial charge in [0.1, 0.15) is 11.6 Å².